The van der Waals surface area contributed by atoms with Crippen LogP contribution in [0, 0.1) is 0 Å². The summed E-state index contributed by atoms with van der Waals surface area (Å²) in [6, 6.07) is 0. The zero-order chi connectivity index (χ0) is 15.9. The number of hydrogen-bond donors (Lipinski definition) is 3. The minimum atomic E-state index is -2.62. The van der Waals surface area contributed by atoms with E-state index in [4.69, 9.17) is 14.7 Å². The highest BCUT2D eigenvalue weighted by Gasteiger charge is 1.76. The second-order valence-electron chi connectivity index (χ2n) is 3.70. The van der Waals surface area contributed by atoms with Gasteiger partial charge in [-0.25, -0.2) is 0 Å². The van der Waals surface area contributed by atoms with Crippen LogP contribution in [0.15, 0.2) is 0 Å². The number of hydrogen-bond acceptors (Lipinski definition) is 3. The van der Waals surface area contributed by atoms with Crippen LogP contribution in [0.2, 0.25) is 0 Å². The molecule has 0 aliphatic carbocycles. The molecule has 3 unspecified atom stereocenters. The molecular formula is C12H36O3P4. The van der Waals surface area contributed by atoms with Gasteiger partial charge in [0.15, 0.2) is 0 Å². The molecule has 0 aliphatic heterocycles. The van der Waals surface area contributed by atoms with Crippen LogP contribution in [0.3, 0.4) is 0 Å². The molecule has 0 bridgehead atoms. The highest BCUT2D eigenvalue weighted by molar-refractivity contribution is 7.38. The van der Waals surface area contributed by atoms with Crippen molar-refractivity contribution in [3.63, 3.8) is 0 Å². The van der Waals surface area contributed by atoms with Gasteiger partial charge in [-0.1, -0.05) is 59.3 Å². The van der Waals surface area contributed by atoms with Crippen molar-refractivity contribution in [2.75, 3.05) is 18.5 Å². The van der Waals surface area contributed by atoms with E-state index in [9.17, 15) is 0 Å². The van der Waals surface area contributed by atoms with Gasteiger partial charge in [-0.3, -0.25) is 0 Å². The molecule has 0 aromatic rings. The lowest BCUT2D eigenvalue weighted by Crippen LogP contribution is -1.64. The zero-order valence-corrected chi connectivity index (χ0v) is 17.2. The minimum Gasteiger partial charge on any atom is -0.328 e. The molecule has 3 N–H and O–H groups in total. The van der Waals surface area contributed by atoms with Crippen molar-refractivity contribution in [2.24, 2.45) is 0 Å². The molecule has 0 amide bonds. The molecule has 7 heteroatoms. The third kappa shape index (κ3) is 105. The summed E-state index contributed by atoms with van der Waals surface area (Å²) in [6.45, 7) is 6.60. The minimum absolute atomic E-state index is 1.26. The fourth-order valence-corrected chi connectivity index (χ4v) is 1.84. The highest BCUT2D eigenvalue weighted by atomic mass is 31.2. The molecule has 3 atom stereocenters. The predicted molar refractivity (Wildman–Crippen MR) is 102 cm³/mol. The highest BCUT2D eigenvalue weighted by Crippen LogP contribution is 2.11. The Hall–Kier alpha value is 1.60. The molecule has 0 saturated carbocycles. The molecular weight excluding hydrogens is 316 g/mol. The molecule has 0 spiro atoms. The summed E-state index contributed by atoms with van der Waals surface area (Å²) >= 11 is 0. The van der Waals surface area contributed by atoms with Crippen LogP contribution in [-0.4, -0.2) is 33.2 Å². The summed E-state index contributed by atoms with van der Waals surface area (Å²) in [5.41, 5.74) is 0. The van der Waals surface area contributed by atoms with Crippen LogP contribution in [0.4, 0.5) is 0 Å². The molecule has 0 fully saturated rings. The van der Waals surface area contributed by atoms with Crippen LogP contribution in [-0.2, 0) is 0 Å². The van der Waals surface area contributed by atoms with Gasteiger partial charge in [0.2, 0.25) is 0 Å². The molecule has 3 nitrogen and oxygen atoms in total. The van der Waals surface area contributed by atoms with E-state index < -0.39 is 8.60 Å². The first-order valence-corrected chi connectivity index (χ1v) is 10.6. The van der Waals surface area contributed by atoms with Crippen molar-refractivity contribution in [2.45, 2.75) is 59.3 Å². The fourth-order valence-electron chi connectivity index (χ4n) is 0.612. The van der Waals surface area contributed by atoms with E-state index in [1.807, 2.05) is 0 Å². The monoisotopic (exact) mass is 352 g/mol. The Labute approximate surface area is 129 Å². The van der Waals surface area contributed by atoms with Crippen LogP contribution >= 0.6 is 36.3 Å². The van der Waals surface area contributed by atoms with E-state index in [1.54, 1.807) is 0 Å². The molecule has 0 heterocycles. The van der Waals surface area contributed by atoms with Crippen molar-refractivity contribution in [3.8, 4) is 0 Å². The lowest BCUT2D eigenvalue weighted by atomic mass is 10.4. The summed E-state index contributed by atoms with van der Waals surface area (Å²) in [4.78, 5) is 21.7. The summed E-state index contributed by atoms with van der Waals surface area (Å²) in [6.07, 6.45) is 11.8. The van der Waals surface area contributed by atoms with Crippen LogP contribution in [0.5, 0.6) is 0 Å². The standard InChI is InChI=1S/3C4H11P.H3O3P/c3*1-2-3-4-5;1-4(2)3/h3*2-5H2,1H3;1-3H. The lowest BCUT2D eigenvalue weighted by molar-refractivity contribution is 0.368. The smallest absolute Gasteiger partial charge is 0.324 e. The number of unbranched alkanes of at least 4 members (excludes halogenated alkanes) is 3. The predicted octanol–water partition coefficient (Wildman–Crippen LogP) is 4.18. The molecule has 19 heavy (non-hydrogen) atoms. The summed E-state index contributed by atoms with van der Waals surface area (Å²) in [7, 11) is 5.48. The van der Waals surface area contributed by atoms with E-state index in [-0.39, 0.29) is 0 Å². The fraction of sp³-hybridized carbons (Fsp3) is 1.00. The van der Waals surface area contributed by atoms with Crippen LogP contribution < -0.4 is 0 Å². The van der Waals surface area contributed by atoms with Gasteiger partial charge in [0.1, 0.15) is 0 Å². The second kappa shape index (κ2) is 36.7. The van der Waals surface area contributed by atoms with Crippen LogP contribution in [0.25, 0.3) is 0 Å². The molecule has 122 valence electrons. The Morgan fingerprint density at radius 2 is 0.789 bits per heavy atom. The van der Waals surface area contributed by atoms with Gasteiger partial charge >= 0.3 is 8.60 Å². The first-order valence-electron chi connectivity index (χ1n) is 6.95. The largest absolute Gasteiger partial charge is 0.328 e. The maximum atomic E-state index is 7.23. The second-order valence-corrected chi connectivity index (χ2v) is 5.96. The van der Waals surface area contributed by atoms with E-state index in [2.05, 4.69) is 48.5 Å². The molecule has 0 aromatic carbocycles. The molecule has 0 aliphatic rings. The van der Waals surface area contributed by atoms with Gasteiger partial charge in [0.25, 0.3) is 0 Å². The molecule has 0 radical (unpaired) electrons. The van der Waals surface area contributed by atoms with Crippen molar-refractivity contribution >= 4 is 36.3 Å². The average Bonchev–Trinajstić information content (AvgIpc) is 2.33. The number of rotatable bonds is 6. The first kappa shape index (κ1) is 28.7. The SMILES string of the molecule is CCCCP.CCCCP.CCCCP.OP(O)O. The summed E-state index contributed by atoms with van der Waals surface area (Å²) in [5.74, 6) is 0. The average molecular weight is 352 g/mol. The lowest BCUT2D eigenvalue weighted by Gasteiger charge is -1.79. The van der Waals surface area contributed by atoms with Gasteiger partial charge in [0.05, 0.1) is 0 Å². The Bertz CT molecular complexity index is 86.0. The maximum absolute atomic E-state index is 7.23. The third-order valence-electron chi connectivity index (χ3n) is 1.67. The van der Waals surface area contributed by atoms with E-state index in [0.717, 1.165) is 0 Å². The maximum Gasteiger partial charge on any atom is 0.324 e. The van der Waals surface area contributed by atoms with Crippen molar-refractivity contribution < 1.29 is 14.7 Å². The summed E-state index contributed by atoms with van der Waals surface area (Å²) < 4.78 is 0. The van der Waals surface area contributed by atoms with E-state index >= 15 is 0 Å². The first-order chi connectivity index (χ1) is 8.97. The van der Waals surface area contributed by atoms with E-state index in [1.165, 1.54) is 57.0 Å². The Morgan fingerprint density at radius 1 is 0.632 bits per heavy atom. The van der Waals surface area contributed by atoms with Gasteiger partial charge in [-0.2, -0.15) is 0 Å². The van der Waals surface area contributed by atoms with Crippen molar-refractivity contribution in [3.05, 3.63) is 0 Å². The topological polar surface area (TPSA) is 60.7 Å². The van der Waals surface area contributed by atoms with Crippen LogP contribution in [0.1, 0.15) is 59.3 Å². The third-order valence-corrected chi connectivity index (χ3v) is 2.90. The molecule has 0 rings (SSSR count). The van der Waals surface area contributed by atoms with Crippen molar-refractivity contribution in [1.82, 2.24) is 0 Å². The molecule has 0 saturated heterocycles. The normalized spacial score (nSPS) is 8.53. The summed E-state index contributed by atoms with van der Waals surface area (Å²) in [5, 5.41) is 0. The van der Waals surface area contributed by atoms with Crippen molar-refractivity contribution in [1.29, 1.82) is 0 Å². The van der Waals surface area contributed by atoms with Gasteiger partial charge in [-0.15, -0.1) is 27.7 Å². The molecule has 0 aromatic heterocycles. The van der Waals surface area contributed by atoms with Gasteiger partial charge < -0.3 is 14.7 Å². The van der Waals surface area contributed by atoms with E-state index in [0.29, 0.717) is 0 Å². The van der Waals surface area contributed by atoms with Gasteiger partial charge in [-0.05, 0) is 18.5 Å². The Balaban J connectivity index is -0.0000000793. The van der Waals surface area contributed by atoms with Gasteiger partial charge in [0, 0.05) is 0 Å². The Kier molecular flexibility index (Phi) is 55.4. The Morgan fingerprint density at radius 3 is 0.789 bits per heavy atom. The quantitative estimate of drug-likeness (QED) is 0.629. The zero-order valence-electron chi connectivity index (χ0n) is 12.9.